The molecule has 0 aromatic heterocycles. The molecule has 0 aliphatic carbocycles. The molecule has 90 valence electrons. The van der Waals surface area contributed by atoms with Gasteiger partial charge in [0, 0.05) is 12.6 Å². The third-order valence-electron chi connectivity index (χ3n) is 3.00. The molecule has 3 nitrogen and oxygen atoms in total. The summed E-state index contributed by atoms with van der Waals surface area (Å²) >= 11 is 6.10. The molecule has 0 amide bonds. The Labute approximate surface area is 106 Å². The Hall–Kier alpha value is -1.24. The lowest BCUT2D eigenvalue weighted by atomic mass is 10.1. The topological polar surface area (TPSA) is 45.0 Å². The fourth-order valence-corrected chi connectivity index (χ4v) is 2.27. The van der Waals surface area contributed by atoms with E-state index in [2.05, 4.69) is 18.3 Å². The summed E-state index contributed by atoms with van der Waals surface area (Å²) in [5.74, 6) is 0. The first-order valence-corrected chi connectivity index (χ1v) is 6.16. The SMILES string of the molecule is CC(Nc1ccc(C#N)cc1Cl)C1CCCO1. The van der Waals surface area contributed by atoms with Gasteiger partial charge in [0.05, 0.1) is 28.4 Å². The first-order valence-electron chi connectivity index (χ1n) is 5.78. The highest BCUT2D eigenvalue weighted by atomic mass is 35.5. The van der Waals surface area contributed by atoms with Crippen LogP contribution in [0.25, 0.3) is 0 Å². The van der Waals surface area contributed by atoms with Crippen molar-refractivity contribution in [3.05, 3.63) is 28.8 Å². The number of nitrogens with zero attached hydrogens (tertiary/aromatic N) is 1. The lowest BCUT2D eigenvalue weighted by Gasteiger charge is -2.21. The number of rotatable bonds is 3. The van der Waals surface area contributed by atoms with Crippen molar-refractivity contribution < 1.29 is 4.74 Å². The van der Waals surface area contributed by atoms with Gasteiger partial charge in [-0.25, -0.2) is 0 Å². The molecule has 1 saturated heterocycles. The van der Waals surface area contributed by atoms with Crippen LogP contribution in [0.5, 0.6) is 0 Å². The normalized spacial score (nSPS) is 20.9. The molecule has 2 atom stereocenters. The van der Waals surface area contributed by atoms with Crippen LogP contribution < -0.4 is 5.32 Å². The molecule has 4 heteroatoms. The molecule has 1 aliphatic heterocycles. The van der Waals surface area contributed by atoms with Crippen LogP contribution in [0.3, 0.4) is 0 Å². The molecule has 0 spiro atoms. The van der Waals surface area contributed by atoms with E-state index in [9.17, 15) is 0 Å². The van der Waals surface area contributed by atoms with Gasteiger partial charge in [-0.15, -0.1) is 0 Å². The van der Waals surface area contributed by atoms with E-state index in [0.717, 1.165) is 25.1 Å². The van der Waals surface area contributed by atoms with E-state index in [0.29, 0.717) is 10.6 Å². The van der Waals surface area contributed by atoms with Crippen LogP contribution in [0, 0.1) is 11.3 Å². The van der Waals surface area contributed by atoms with Gasteiger partial charge in [0.25, 0.3) is 0 Å². The van der Waals surface area contributed by atoms with E-state index in [1.807, 2.05) is 6.07 Å². The molecule has 2 rings (SSSR count). The summed E-state index contributed by atoms with van der Waals surface area (Å²) in [5, 5.41) is 12.7. The summed E-state index contributed by atoms with van der Waals surface area (Å²) in [6.45, 7) is 2.93. The Morgan fingerprint density at radius 2 is 2.41 bits per heavy atom. The van der Waals surface area contributed by atoms with Gasteiger partial charge < -0.3 is 10.1 Å². The van der Waals surface area contributed by atoms with Crippen molar-refractivity contribution >= 4 is 17.3 Å². The largest absolute Gasteiger partial charge is 0.379 e. The average molecular weight is 251 g/mol. The van der Waals surface area contributed by atoms with Crippen LogP contribution in [0.1, 0.15) is 25.3 Å². The second-order valence-corrected chi connectivity index (χ2v) is 4.70. The summed E-state index contributed by atoms with van der Waals surface area (Å²) < 4.78 is 5.61. The maximum absolute atomic E-state index is 8.76. The highest BCUT2D eigenvalue weighted by molar-refractivity contribution is 6.33. The Morgan fingerprint density at radius 1 is 1.59 bits per heavy atom. The summed E-state index contributed by atoms with van der Waals surface area (Å²) in [6.07, 6.45) is 2.46. The molecule has 1 heterocycles. The molecular weight excluding hydrogens is 236 g/mol. The maximum atomic E-state index is 8.76. The summed E-state index contributed by atoms with van der Waals surface area (Å²) in [7, 11) is 0. The van der Waals surface area contributed by atoms with E-state index >= 15 is 0 Å². The second-order valence-electron chi connectivity index (χ2n) is 4.29. The van der Waals surface area contributed by atoms with E-state index < -0.39 is 0 Å². The number of benzene rings is 1. The van der Waals surface area contributed by atoms with Crippen LogP contribution in [-0.2, 0) is 4.74 Å². The highest BCUT2D eigenvalue weighted by Crippen LogP contribution is 2.25. The van der Waals surface area contributed by atoms with Crippen molar-refractivity contribution in [2.75, 3.05) is 11.9 Å². The monoisotopic (exact) mass is 250 g/mol. The van der Waals surface area contributed by atoms with Gasteiger partial charge in [-0.1, -0.05) is 11.6 Å². The predicted octanol–water partition coefficient (Wildman–Crippen LogP) is 3.19. The van der Waals surface area contributed by atoms with Gasteiger partial charge in [0.15, 0.2) is 0 Å². The van der Waals surface area contributed by atoms with Gasteiger partial charge in [-0.05, 0) is 38.0 Å². The van der Waals surface area contributed by atoms with E-state index in [1.54, 1.807) is 12.1 Å². The molecular formula is C13H15ClN2O. The summed E-state index contributed by atoms with van der Waals surface area (Å²) in [6, 6.07) is 7.56. The van der Waals surface area contributed by atoms with Crippen molar-refractivity contribution in [1.82, 2.24) is 0 Å². The number of halogens is 1. The number of ether oxygens (including phenoxy) is 1. The van der Waals surface area contributed by atoms with E-state index in [1.165, 1.54) is 0 Å². The standard InChI is InChI=1S/C13H15ClN2O/c1-9(13-3-2-6-17-13)16-12-5-4-10(8-15)7-11(12)14/h4-5,7,9,13,16H,2-3,6H2,1H3. The lowest BCUT2D eigenvalue weighted by Crippen LogP contribution is -2.30. The molecule has 0 radical (unpaired) electrons. The third-order valence-corrected chi connectivity index (χ3v) is 3.32. The first kappa shape index (κ1) is 12.2. The predicted molar refractivity (Wildman–Crippen MR) is 68.2 cm³/mol. The van der Waals surface area contributed by atoms with Crippen molar-refractivity contribution in [1.29, 1.82) is 5.26 Å². The zero-order valence-electron chi connectivity index (χ0n) is 9.74. The number of nitrogens with one attached hydrogen (secondary N) is 1. The third kappa shape index (κ3) is 2.91. The summed E-state index contributed by atoms with van der Waals surface area (Å²) in [4.78, 5) is 0. The second kappa shape index (κ2) is 5.39. The highest BCUT2D eigenvalue weighted by Gasteiger charge is 2.22. The van der Waals surface area contributed by atoms with Crippen molar-refractivity contribution in [3.8, 4) is 6.07 Å². The maximum Gasteiger partial charge on any atom is 0.0992 e. The fraction of sp³-hybridized carbons (Fsp3) is 0.462. The summed E-state index contributed by atoms with van der Waals surface area (Å²) in [5.41, 5.74) is 1.43. The smallest absolute Gasteiger partial charge is 0.0992 e. The molecule has 1 N–H and O–H groups in total. The zero-order chi connectivity index (χ0) is 12.3. The zero-order valence-corrected chi connectivity index (χ0v) is 10.5. The van der Waals surface area contributed by atoms with Crippen LogP contribution in [0.2, 0.25) is 5.02 Å². The van der Waals surface area contributed by atoms with Gasteiger partial charge >= 0.3 is 0 Å². The van der Waals surface area contributed by atoms with E-state index in [4.69, 9.17) is 21.6 Å². The van der Waals surface area contributed by atoms with Gasteiger partial charge in [0.1, 0.15) is 0 Å². The Morgan fingerprint density at radius 3 is 3.00 bits per heavy atom. The Balaban J connectivity index is 2.05. The Kier molecular flexibility index (Phi) is 3.88. The molecule has 1 aliphatic rings. The molecule has 0 bridgehead atoms. The van der Waals surface area contributed by atoms with E-state index in [-0.39, 0.29) is 12.1 Å². The van der Waals surface area contributed by atoms with Crippen molar-refractivity contribution in [2.45, 2.75) is 31.9 Å². The van der Waals surface area contributed by atoms with Crippen LogP contribution in [0.4, 0.5) is 5.69 Å². The number of hydrogen-bond donors (Lipinski definition) is 1. The molecule has 17 heavy (non-hydrogen) atoms. The number of anilines is 1. The van der Waals surface area contributed by atoms with Crippen LogP contribution >= 0.6 is 11.6 Å². The molecule has 0 saturated carbocycles. The molecule has 2 unspecified atom stereocenters. The lowest BCUT2D eigenvalue weighted by molar-refractivity contribution is 0.0996. The van der Waals surface area contributed by atoms with Crippen LogP contribution in [-0.4, -0.2) is 18.8 Å². The first-order chi connectivity index (χ1) is 8.20. The number of hydrogen-bond acceptors (Lipinski definition) is 3. The fourth-order valence-electron chi connectivity index (χ4n) is 2.04. The van der Waals surface area contributed by atoms with Gasteiger partial charge in [-0.2, -0.15) is 5.26 Å². The number of nitriles is 1. The molecule has 1 aromatic rings. The molecule has 1 fully saturated rings. The van der Waals surface area contributed by atoms with Crippen molar-refractivity contribution in [3.63, 3.8) is 0 Å². The van der Waals surface area contributed by atoms with Crippen molar-refractivity contribution in [2.24, 2.45) is 0 Å². The minimum Gasteiger partial charge on any atom is -0.379 e. The minimum absolute atomic E-state index is 0.225. The van der Waals surface area contributed by atoms with Gasteiger partial charge in [-0.3, -0.25) is 0 Å². The Bertz CT molecular complexity index is 436. The van der Waals surface area contributed by atoms with Gasteiger partial charge in [0.2, 0.25) is 0 Å². The minimum atomic E-state index is 0.225. The average Bonchev–Trinajstić information content (AvgIpc) is 2.85. The molecule has 1 aromatic carbocycles. The van der Waals surface area contributed by atoms with Crippen LogP contribution in [0.15, 0.2) is 18.2 Å². The quantitative estimate of drug-likeness (QED) is 0.896.